The van der Waals surface area contributed by atoms with Crippen molar-refractivity contribution in [1.29, 1.82) is 0 Å². The maximum absolute atomic E-state index is 11.3. The molecule has 0 bridgehead atoms. The number of carboxylic acid groups (broad SMARTS) is 1. The van der Waals surface area contributed by atoms with Crippen molar-refractivity contribution in [3.05, 3.63) is 95.6 Å². The number of hydrogen-bond donors (Lipinski definition) is 0. The highest BCUT2D eigenvalue weighted by atomic mass is 16.5. The average Bonchev–Trinajstić information content (AvgIpc) is 2.75. The second-order valence-electron chi connectivity index (χ2n) is 6.16. The number of aliphatic carboxylic acids is 1. The number of hydrogen-bond acceptors (Lipinski definition) is 5. The Hall–Kier alpha value is -3.31. The maximum Gasteiger partial charge on any atom is 0.144 e. The van der Waals surface area contributed by atoms with E-state index < -0.39 is 18.2 Å². The predicted octanol–water partition coefficient (Wildman–Crippen LogP) is 2.76. The molecule has 0 unspecified atom stereocenters. The van der Waals surface area contributed by atoms with Crippen molar-refractivity contribution in [2.75, 3.05) is 20.8 Å². The Morgan fingerprint density at radius 3 is 1.57 bits per heavy atom. The van der Waals surface area contributed by atoms with Gasteiger partial charge in [-0.3, -0.25) is 0 Å². The summed E-state index contributed by atoms with van der Waals surface area (Å²) in [5.74, 6) is 0.100. The Morgan fingerprint density at radius 2 is 1.18 bits per heavy atom. The SMILES string of the molecule is COc1ccc(C(OCC(=O)[O-])(c2ccccc2)c2ccc(OC)cc2)cc1. The Bertz CT molecular complexity index is 854. The van der Waals surface area contributed by atoms with Crippen LogP contribution in [0, 0.1) is 0 Å². The molecule has 0 saturated carbocycles. The van der Waals surface area contributed by atoms with Gasteiger partial charge in [-0.25, -0.2) is 0 Å². The number of carboxylic acids is 1. The summed E-state index contributed by atoms with van der Waals surface area (Å²) >= 11 is 0. The van der Waals surface area contributed by atoms with Crippen LogP contribution in [-0.4, -0.2) is 26.8 Å². The van der Waals surface area contributed by atoms with E-state index in [1.165, 1.54) is 0 Å². The lowest BCUT2D eigenvalue weighted by atomic mass is 9.80. The lowest BCUT2D eigenvalue weighted by Gasteiger charge is -2.36. The molecule has 0 aliphatic carbocycles. The van der Waals surface area contributed by atoms with Gasteiger partial charge in [0.1, 0.15) is 17.1 Å². The predicted molar refractivity (Wildman–Crippen MR) is 103 cm³/mol. The van der Waals surface area contributed by atoms with Crippen LogP contribution in [0.25, 0.3) is 0 Å². The van der Waals surface area contributed by atoms with E-state index in [2.05, 4.69) is 0 Å². The maximum atomic E-state index is 11.3. The fourth-order valence-corrected chi connectivity index (χ4v) is 3.24. The molecule has 0 atom stereocenters. The molecule has 0 saturated heterocycles. The molecule has 0 amide bonds. The van der Waals surface area contributed by atoms with E-state index in [0.717, 1.165) is 16.7 Å². The third kappa shape index (κ3) is 3.85. The molecule has 0 fully saturated rings. The van der Waals surface area contributed by atoms with Gasteiger partial charge in [-0.05, 0) is 41.0 Å². The Balaban J connectivity index is 2.24. The largest absolute Gasteiger partial charge is 0.548 e. The number of benzene rings is 3. The highest BCUT2D eigenvalue weighted by molar-refractivity contribution is 5.66. The van der Waals surface area contributed by atoms with Crippen molar-refractivity contribution < 1.29 is 24.1 Å². The smallest absolute Gasteiger partial charge is 0.144 e. The highest BCUT2D eigenvalue weighted by Gasteiger charge is 2.37. The summed E-state index contributed by atoms with van der Waals surface area (Å²) < 4.78 is 16.6. The first-order valence-corrected chi connectivity index (χ1v) is 8.78. The Kier molecular flexibility index (Phi) is 5.96. The summed E-state index contributed by atoms with van der Waals surface area (Å²) in [7, 11) is 3.19. The monoisotopic (exact) mass is 377 g/mol. The molecule has 0 N–H and O–H groups in total. The van der Waals surface area contributed by atoms with E-state index in [9.17, 15) is 9.90 Å². The van der Waals surface area contributed by atoms with Crippen LogP contribution in [0.5, 0.6) is 11.5 Å². The van der Waals surface area contributed by atoms with Gasteiger partial charge in [0.2, 0.25) is 0 Å². The van der Waals surface area contributed by atoms with Gasteiger partial charge in [-0.1, -0.05) is 54.6 Å². The fraction of sp³-hybridized carbons (Fsp3) is 0.174. The van der Waals surface area contributed by atoms with Crippen molar-refractivity contribution >= 4 is 5.97 Å². The molecule has 0 aliphatic heterocycles. The molecule has 3 aromatic rings. The first-order chi connectivity index (χ1) is 13.6. The molecular weight excluding hydrogens is 356 g/mol. The van der Waals surface area contributed by atoms with Gasteiger partial charge >= 0.3 is 0 Å². The topological polar surface area (TPSA) is 67.8 Å². The molecular formula is C23H21O5-. The van der Waals surface area contributed by atoms with Gasteiger partial charge < -0.3 is 24.1 Å². The number of carbonyl (C=O) groups is 1. The normalized spacial score (nSPS) is 11.1. The van der Waals surface area contributed by atoms with E-state index in [1.807, 2.05) is 78.9 Å². The molecule has 5 heteroatoms. The lowest BCUT2D eigenvalue weighted by molar-refractivity contribution is -0.311. The first-order valence-electron chi connectivity index (χ1n) is 8.78. The molecule has 0 aliphatic rings. The van der Waals surface area contributed by atoms with Crippen LogP contribution in [0.4, 0.5) is 0 Å². The second kappa shape index (κ2) is 8.59. The summed E-state index contributed by atoms with van der Waals surface area (Å²) in [6.45, 7) is -0.563. The van der Waals surface area contributed by atoms with Gasteiger partial charge in [0.25, 0.3) is 0 Å². The molecule has 5 nitrogen and oxygen atoms in total. The Morgan fingerprint density at radius 1 is 0.750 bits per heavy atom. The van der Waals surface area contributed by atoms with Gasteiger partial charge in [0, 0.05) is 0 Å². The second-order valence-corrected chi connectivity index (χ2v) is 6.16. The van der Waals surface area contributed by atoms with Gasteiger partial charge in [-0.2, -0.15) is 0 Å². The molecule has 0 spiro atoms. The molecule has 3 aromatic carbocycles. The van der Waals surface area contributed by atoms with Crippen LogP contribution in [0.3, 0.4) is 0 Å². The third-order valence-electron chi connectivity index (χ3n) is 4.58. The number of rotatable bonds is 8. The van der Waals surface area contributed by atoms with E-state index in [4.69, 9.17) is 14.2 Å². The molecule has 3 rings (SSSR count). The fourth-order valence-electron chi connectivity index (χ4n) is 3.24. The quantitative estimate of drug-likeness (QED) is 0.565. The lowest BCUT2D eigenvalue weighted by Crippen LogP contribution is -2.38. The summed E-state index contributed by atoms with van der Waals surface area (Å²) in [5, 5.41) is 11.3. The Labute approximate surface area is 164 Å². The van der Waals surface area contributed by atoms with Crippen molar-refractivity contribution in [3.63, 3.8) is 0 Å². The van der Waals surface area contributed by atoms with Crippen LogP contribution < -0.4 is 14.6 Å². The average molecular weight is 377 g/mol. The van der Waals surface area contributed by atoms with Crippen LogP contribution >= 0.6 is 0 Å². The van der Waals surface area contributed by atoms with Crippen molar-refractivity contribution in [2.45, 2.75) is 5.60 Å². The van der Waals surface area contributed by atoms with Crippen molar-refractivity contribution in [1.82, 2.24) is 0 Å². The zero-order valence-electron chi connectivity index (χ0n) is 15.8. The molecule has 0 radical (unpaired) electrons. The first kappa shape index (κ1) is 19.5. The minimum Gasteiger partial charge on any atom is -0.548 e. The third-order valence-corrected chi connectivity index (χ3v) is 4.58. The van der Waals surface area contributed by atoms with Crippen LogP contribution in [0.2, 0.25) is 0 Å². The molecule has 0 aromatic heterocycles. The van der Waals surface area contributed by atoms with E-state index in [1.54, 1.807) is 14.2 Å². The number of ether oxygens (including phenoxy) is 3. The standard InChI is InChI=1S/C23H22O5/c1-26-20-12-8-18(9-13-20)23(28-16-22(24)25,17-6-4-3-5-7-17)19-10-14-21(27-2)15-11-19/h3-15H,16H2,1-2H3,(H,24,25)/p-1. The van der Waals surface area contributed by atoms with Crippen LogP contribution in [0.1, 0.15) is 16.7 Å². The number of methoxy groups -OCH3 is 2. The zero-order chi connectivity index (χ0) is 20.0. The minimum absolute atomic E-state index is 0.563. The van der Waals surface area contributed by atoms with Crippen molar-refractivity contribution in [3.8, 4) is 11.5 Å². The van der Waals surface area contributed by atoms with Gasteiger partial charge in [0.05, 0.1) is 26.8 Å². The number of carbonyl (C=O) groups excluding carboxylic acids is 1. The summed E-state index contributed by atoms with van der Waals surface area (Å²) in [6.07, 6.45) is 0. The molecule has 28 heavy (non-hydrogen) atoms. The van der Waals surface area contributed by atoms with Crippen LogP contribution in [0.15, 0.2) is 78.9 Å². The highest BCUT2D eigenvalue weighted by Crippen LogP contribution is 2.41. The van der Waals surface area contributed by atoms with Crippen LogP contribution in [-0.2, 0) is 15.1 Å². The van der Waals surface area contributed by atoms with Crippen molar-refractivity contribution in [2.24, 2.45) is 0 Å². The summed E-state index contributed by atoms with van der Waals surface area (Å²) in [4.78, 5) is 11.3. The molecule has 0 heterocycles. The summed E-state index contributed by atoms with van der Waals surface area (Å²) in [5.41, 5.74) is 1.20. The summed E-state index contributed by atoms with van der Waals surface area (Å²) in [6, 6.07) is 24.2. The zero-order valence-corrected chi connectivity index (χ0v) is 15.8. The molecule has 144 valence electrons. The minimum atomic E-state index is -1.29. The van der Waals surface area contributed by atoms with Gasteiger partial charge in [0.15, 0.2) is 0 Å². The van der Waals surface area contributed by atoms with E-state index in [0.29, 0.717) is 11.5 Å². The van der Waals surface area contributed by atoms with E-state index in [-0.39, 0.29) is 0 Å². The van der Waals surface area contributed by atoms with E-state index >= 15 is 0 Å². The van der Waals surface area contributed by atoms with Gasteiger partial charge in [-0.15, -0.1) is 0 Å².